The van der Waals surface area contributed by atoms with Gasteiger partial charge >= 0.3 is 0 Å². The third-order valence-electron chi connectivity index (χ3n) is 1.64. The van der Waals surface area contributed by atoms with E-state index in [1.54, 1.807) is 0 Å². The highest BCUT2D eigenvalue weighted by molar-refractivity contribution is 6.35. The van der Waals surface area contributed by atoms with E-state index < -0.39 is 0 Å². The summed E-state index contributed by atoms with van der Waals surface area (Å²) in [6, 6.07) is 6.32. The Balaban J connectivity index is 3.13. The molecule has 0 unspecified atom stereocenters. The van der Waals surface area contributed by atoms with Gasteiger partial charge in [-0.25, -0.2) is 0 Å². The third kappa shape index (κ3) is 1.83. The van der Waals surface area contributed by atoms with E-state index in [1.807, 2.05) is 14.1 Å². The molecular formula is C9H12NSi. The molecule has 2 heteroatoms. The highest BCUT2D eigenvalue weighted by Crippen LogP contribution is 2.08. The van der Waals surface area contributed by atoms with Crippen molar-refractivity contribution in [3.63, 3.8) is 0 Å². The molecule has 57 valence electrons. The van der Waals surface area contributed by atoms with Crippen LogP contribution in [0.1, 0.15) is 5.56 Å². The molecular weight excluding hydrogens is 150 g/mol. The Morgan fingerprint density at radius 1 is 1.27 bits per heavy atom. The summed E-state index contributed by atoms with van der Waals surface area (Å²) >= 11 is 0. The first-order chi connectivity index (χ1) is 5.11. The minimum atomic E-state index is 1.14. The summed E-state index contributed by atoms with van der Waals surface area (Å²) in [4.78, 5) is 2.09. The Hall–Kier alpha value is -0.763. The van der Waals surface area contributed by atoms with Gasteiger partial charge in [-0.1, -0.05) is 12.1 Å². The molecule has 0 fully saturated rings. The highest BCUT2D eigenvalue weighted by Gasteiger charge is 1.98. The predicted molar refractivity (Wildman–Crippen MR) is 50.9 cm³/mol. The Morgan fingerprint density at radius 3 is 2.36 bits per heavy atom. The fraction of sp³-hybridized carbons (Fsp3) is 0.333. The number of hydrogen-bond acceptors (Lipinski definition) is 1. The number of hydrogen-bond donors (Lipinski definition) is 0. The zero-order valence-corrected chi connectivity index (χ0v) is 8.18. The molecule has 0 N–H and O–H groups in total. The van der Waals surface area contributed by atoms with Crippen molar-refractivity contribution < 1.29 is 0 Å². The van der Waals surface area contributed by atoms with Gasteiger partial charge in [0.1, 0.15) is 0 Å². The molecule has 3 radical (unpaired) electrons. The zero-order chi connectivity index (χ0) is 8.43. The summed E-state index contributed by atoms with van der Waals surface area (Å²) in [6.45, 7) is 2.10. The molecule has 0 aliphatic rings. The summed E-state index contributed by atoms with van der Waals surface area (Å²) in [5, 5.41) is 1.14. The summed E-state index contributed by atoms with van der Waals surface area (Å²) in [5.74, 6) is 0. The molecule has 11 heavy (non-hydrogen) atoms. The monoisotopic (exact) mass is 162 g/mol. The average Bonchev–Trinajstić information content (AvgIpc) is 1.94. The van der Waals surface area contributed by atoms with Crippen molar-refractivity contribution in [3.8, 4) is 0 Å². The van der Waals surface area contributed by atoms with E-state index in [0.29, 0.717) is 0 Å². The minimum absolute atomic E-state index is 1.14. The zero-order valence-electron chi connectivity index (χ0n) is 7.18. The van der Waals surface area contributed by atoms with E-state index in [2.05, 4.69) is 40.3 Å². The fourth-order valence-electron chi connectivity index (χ4n) is 1.01. The van der Waals surface area contributed by atoms with Crippen LogP contribution in [0.15, 0.2) is 18.2 Å². The van der Waals surface area contributed by atoms with E-state index >= 15 is 0 Å². The SMILES string of the molecule is Cc1ccc([Si])c(N(C)C)c1. The van der Waals surface area contributed by atoms with Crippen LogP contribution in [0.2, 0.25) is 0 Å². The molecule has 0 spiro atoms. The first kappa shape index (κ1) is 8.33. The van der Waals surface area contributed by atoms with Crippen LogP contribution in [-0.2, 0) is 0 Å². The van der Waals surface area contributed by atoms with Crippen LogP contribution in [0.3, 0.4) is 0 Å². The maximum atomic E-state index is 3.54. The van der Waals surface area contributed by atoms with Gasteiger partial charge < -0.3 is 4.90 Å². The smallest absolute Gasteiger partial charge is 0.0741 e. The van der Waals surface area contributed by atoms with Crippen LogP contribution in [0.5, 0.6) is 0 Å². The second-order valence-electron chi connectivity index (χ2n) is 2.92. The van der Waals surface area contributed by atoms with Crippen molar-refractivity contribution in [3.05, 3.63) is 23.8 Å². The van der Waals surface area contributed by atoms with Crippen LogP contribution in [0, 0.1) is 6.92 Å². The van der Waals surface area contributed by atoms with Crippen LogP contribution < -0.4 is 10.1 Å². The normalized spacial score (nSPS) is 9.82. The van der Waals surface area contributed by atoms with Gasteiger partial charge in [0, 0.05) is 19.8 Å². The van der Waals surface area contributed by atoms with Gasteiger partial charge in [-0.3, -0.25) is 0 Å². The first-order valence-electron chi connectivity index (χ1n) is 3.61. The van der Waals surface area contributed by atoms with Gasteiger partial charge in [-0.15, -0.1) is 0 Å². The van der Waals surface area contributed by atoms with Gasteiger partial charge in [0.2, 0.25) is 0 Å². The Kier molecular flexibility index (Phi) is 2.34. The summed E-state index contributed by atoms with van der Waals surface area (Å²) in [6.07, 6.45) is 0. The molecule has 1 aromatic carbocycles. The summed E-state index contributed by atoms with van der Waals surface area (Å²) in [7, 11) is 7.62. The fourth-order valence-corrected chi connectivity index (χ4v) is 1.39. The molecule has 0 saturated heterocycles. The molecule has 1 aromatic rings. The number of benzene rings is 1. The maximum absolute atomic E-state index is 3.54. The van der Waals surface area contributed by atoms with Crippen molar-refractivity contribution in [2.24, 2.45) is 0 Å². The molecule has 0 atom stereocenters. The molecule has 0 aromatic heterocycles. The van der Waals surface area contributed by atoms with Crippen molar-refractivity contribution in [1.82, 2.24) is 0 Å². The topological polar surface area (TPSA) is 3.24 Å². The van der Waals surface area contributed by atoms with Crippen LogP contribution >= 0.6 is 0 Å². The number of aryl methyl sites for hydroxylation is 1. The van der Waals surface area contributed by atoms with E-state index in [9.17, 15) is 0 Å². The molecule has 0 aliphatic carbocycles. The van der Waals surface area contributed by atoms with Crippen LogP contribution in [-0.4, -0.2) is 24.3 Å². The second kappa shape index (κ2) is 3.09. The standard InChI is InChI=1S/C9H12NSi/c1-7-4-5-9(11)8(6-7)10(2)3/h4-6H,1-3H3. The number of nitrogens with zero attached hydrogens (tertiary/aromatic N) is 1. The lowest BCUT2D eigenvalue weighted by molar-refractivity contribution is 1.13. The second-order valence-corrected chi connectivity index (χ2v) is 3.45. The third-order valence-corrected chi connectivity index (χ3v) is 2.06. The van der Waals surface area contributed by atoms with Gasteiger partial charge in [-0.05, 0) is 23.7 Å². The van der Waals surface area contributed by atoms with Gasteiger partial charge in [-0.2, -0.15) is 0 Å². The first-order valence-corrected chi connectivity index (χ1v) is 4.11. The van der Waals surface area contributed by atoms with Gasteiger partial charge in [0.25, 0.3) is 0 Å². The lowest BCUT2D eigenvalue weighted by Gasteiger charge is -2.15. The Labute approximate surface area is 71.5 Å². The maximum Gasteiger partial charge on any atom is 0.0741 e. The predicted octanol–water partition coefficient (Wildman–Crippen LogP) is 0.855. The van der Waals surface area contributed by atoms with Gasteiger partial charge in [0.15, 0.2) is 0 Å². The van der Waals surface area contributed by atoms with E-state index in [0.717, 1.165) is 5.19 Å². The molecule has 0 amide bonds. The van der Waals surface area contributed by atoms with Gasteiger partial charge in [0.05, 0.1) is 10.2 Å². The molecule has 0 aliphatic heterocycles. The van der Waals surface area contributed by atoms with Crippen molar-refractivity contribution in [2.75, 3.05) is 19.0 Å². The highest BCUT2D eigenvalue weighted by atomic mass is 28.1. The van der Waals surface area contributed by atoms with E-state index in [-0.39, 0.29) is 0 Å². The molecule has 0 saturated carbocycles. The summed E-state index contributed by atoms with van der Waals surface area (Å²) < 4.78 is 0. The lowest BCUT2D eigenvalue weighted by atomic mass is 10.2. The van der Waals surface area contributed by atoms with Crippen molar-refractivity contribution in [2.45, 2.75) is 6.92 Å². The van der Waals surface area contributed by atoms with E-state index in [1.165, 1.54) is 11.3 Å². The minimum Gasteiger partial charge on any atom is -0.378 e. The number of rotatable bonds is 1. The van der Waals surface area contributed by atoms with Crippen LogP contribution in [0.4, 0.5) is 5.69 Å². The van der Waals surface area contributed by atoms with Crippen LogP contribution in [0.25, 0.3) is 0 Å². The molecule has 1 nitrogen and oxygen atoms in total. The Morgan fingerprint density at radius 2 is 1.91 bits per heavy atom. The number of anilines is 1. The molecule has 0 bridgehead atoms. The summed E-state index contributed by atoms with van der Waals surface area (Å²) in [5.41, 5.74) is 2.51. The van der Waals surface area contributed by atoms with E-state index in [4.69, 9.17) is 0 Å². The lowest BCUT2D eigenvalue weighted by Crippen LogP contribution is -2.19. The van der Waals surface area contributed by atoms with Crippen molar-refractivity contribution in [1.29, 1.82) is 0 Å². The average molecular weight is 162 g/mol. The molecule has 1 rings (SSSR count). The van der Waals surface area contributed by atoms with Crippen molar-refractivity contribution >= 4 is 21.1 Å². The molecule has 0 heterocycles. The quantitative estimate of drug-likeness (QED) is 0.554. The Bertz CT molecular complexity index is 256. The largest absolute Gasteiger partial charge is 0.378 e.